The van der Waals surface area contributed by atoms with Gasteiger partial charge in [0.05, 0.1) is 25.5 Å². The molecule has 0 radical (unpaired) electrons. The number of carbonyl (C=O) groups excluding carboxylic acids is 1. The molecule has 0 aliphatic rings. The van der Waals surface area contributed by atoms with Gasteiger partial charge in [-0.05, 0) is 24.6 Å². The van der Waals surface area contributed by atoms with Crippen LogP contribution in [0.1, 0.15) is 21.6 Å². The summed E-state index contributed by atoms with van der Waals surface area (Å²) in [6, 6.07) is 12.9. The summed E-state index contributed by atoms with van der Waals surface area (Å²) in [6.45, 7) is 3.05. The fraction of sp³-hybridized carbons (Fsp3) is 0.174. The Bertz CT molecular complexity index is 1480. The van der Waals surface area contributed by atoms with E-state index < -0.39 is 0 Å². The van der Waals surface area contributed by atoms with E-state index in [-0.39, 0.29) is 23.7 Å². The Morgan fingerprint density at radius 2 is 2.06 bits per heavy atom. The number of nitrogens with zero attached hydrogens (tertiary/aromatic N) is 5. The van der Waals surface area contributed by atoms with Crippen LogP contribution in [0.15, 0.2) is 75.0 Å². The first kappa shape index (κ1) is 20.4. The zero-order valence-electron chi connectivity index (χ0n) is 17.8. The molecule has 10 nitrogen and oxygen atoms in total. The molecule has 0 saturated heterocycles. The second-order valence-electron chi connectivity index (χ2n) is 7.58. The van der Waals surface area contributed by atoms with Gasteiger partial charge in [-0.25, -0.2) is 9.67 Å². The van der Waals surface area contributed by atoms with E-state index in [9.17, 15) is 9.59 Å². The van der Waals surface area contributed by atoms with Gasteiger partial charge in [-0.15, -0.1) is 0 Å². The number of furan rings is 1. The van der Waals surface area contributed by atoms with Crippen molar-refractivity contribution in [3.63, 3.8) is 0 Å². The number of hydrogen-bond donors (Lipinski definition) is 1. The Hall–Kier alpha value is -4.47. The van der Waals surface area contributed by atoms with Gasteiger partial charge in [-0.3, -0.25) is 14.2 Å². The van der Waals surface area contributed by atoms with E-state index in [0.717, 1.165) is 11.1 Å². The van der Waals surface area contributed by atoms with Gasteiger partial charge in [-0.2, -0.15) is 5.10 Å². The molecule has 5 aromatic rings. The average molecular weight is 444 g/mol. The molecule has 0 spiro atoms. The topological polar surface area (TPSA) is 121 Å². The standard InChI is InChI=1S/C23H20N6O4/c1-15-4-2-5-16(10-15)13-28-14-25-21-17(23(28)31)12-26-29(21)8-7-24-22(30)18-11-20(33-27-18)19-6-3-9-32-19/h2-6,9-12,14H,7-8,13H2,1H3,(H,24,30). The molecule has 4 aromatic heterocycles. The molecule has 1 aromatic carbocycles. The number of rotatable bonds is 7. The fourth-order valence-electron chi connectivity index (χ4n) is 3.56. The molecule has 0 aliphatic heterocycles. The van der Waals surface area contributed by atoms with Crippen LogP contribution < -0.4 is 10.9 Å². The minimum absolute atomic E-state index is 0.142. The van der Waals surface area contributed by atoms with Crippen LogP contribution in [0.4, 0.5) is 0 Å². The highest BCUT2D eigenvalue weighted by molar-refractivity contribution is 5.92. The van der Waals surface area contributed by atoms with Gasteiger partial charge < -0.3 is 14.3 Å². The summed E-state index contributed by atoms with van der Waals surface area (Å²) >= 11 is 0. The second-order valence-corrected chi connectivity index (χ2v) is 7.58. The molecular weight excluding hydrogens is 424 g/mol. The number of hydrogen-bond acceptors (Lipinski definition) is 7. The van der Waals surface area contributed by atoms with E-state index >= 15 is 0 Å². The van der Waals surface area contributed by atoms with Crippen LogP contribution in [-0.2, 0) is 13.1 Å². The van der Waals surface area contributed by atoms with Crippen molar-refractivity contribution in [1.29, 1.82) is 0 Å². The van der Waals surface area contributed by atoms with Crippen molar-refractivity contribution < 1.29 is 13.7 Å². The first-order valence-electron chi connectivity index (χ1n) is 10.3. The maximum absolute atomic E-state index is 12.9. The molecule has 1 N–H and O–H groups in total. The van der Waals surface area contributed by atoms with Gasteiger partial charge in [0, 0.05) is 12.6 Å². The Labute approximate surface area is 187 Å². The van der Waals surface area contributed by atoms with E-state index in [1.54, 1.807) is 21.4 Å². The van der Waals surface area contributed by atoms with E-state index in [4.69, 9.17) is 8.94 Å². The summed E-state index contributed by atoms with van der Waals surface area (Å²) in [6.07, 6.45) is 4.54. The summed E-state index contributed by atoms with van der Waals surface area (Å²) in [5, 5.41) is 11.2. The summed E-state index contributed by atoms with van der Waals surface area (Å²) in [5.41, 5.74) is 2.61. The minimum atomic E-state index is -0.388. The van der Waals surface area contributed by atoms with Gasteiger partial charge in [0.2, 0.25) is 5.76 Å². The van der Waals surface area contributed by atoms with Gasteiger partial charge in [0.15, 0.2) is 17.1 Å². The largest absolute Gasteiger partial charge is 0.461 e. The summed E-state index contributed by atoms with van der Waals surface area (Å²) in [5.74, 6) is 0.472. The molecule has 10 heteroatoms. The third-order valence-corrected chi connectivity index (χ3v) is 5.17. The third kappa shape index (κ3) is 4.18. The lowest BCUT2D eigenvalue weighted by molar-refractivity contribution is 0.0943. The molecule has 0 aliphatic carbocycles. The molecule has 0 atom stereocenters. The van der Waals surface area contributed by atoms with Crippen LogP contribution in [0.5, 0.6) is 0 Å². The SMILES string of the molecule is Cc1cccc(Cn2cnc3c(cnn3CCNC(=O)c3cc(-c4ccco4)on3)c2=O)c1. The predicted octanol–water partition coefficient (Wildman–Crippen LogP) is 2.63. The highest BCUT2D eigenvalue weighted by Gasteiger charge is 2.15. The lowest BCUT2D eigenvalue weighted by Crippen LogP contribution is -2.28. The quantitative estimate of drug-likeness (QED) is 0.410. The zero-order valence-corrected chi connectivity index (χ0v) is 17.8. The molecule has 0 bridgehead atoms. The van der Waals surface area contributed by atoms with Gasteiger partial charge in [0.1, 0.15) is 11.7 Å². The van der Waals surface area contributed by atoms with Crippen molar-refractivity contribution in [1.82, 2.24) is 29.8 Å². The Kier molecular flexibility index (Phi) is 5.31. The van der Waals surface area contributed by atoms with Gasteiger partial charge >= 0.3 is 0 Å². The highest BCUT2D eigenvalue weighted by atomic mass is 16.5. The molecular formula is C23H20N6O4. The van der Waals surface area contributed by atoms with Crippen LogP contribution in [0.2, 0.25) is 0 Å². The number of aromatic nitrogens is 5. The van der Waals surface area contributed by atoms with Crippen LogP contribution >= 0.6 is 0 Å². The first-order valence-corrected chi connectivity index (χ1v) is 10.3. The number of carbonyl (C=O) groups is 1. The smallest absolute Gasteiger partial charge is 0.273 e. The average Bonchev–Trinajstić information content (AvgIpc) is 3.57. The molecule has 166 valence electrons. The third-order valence-electron chi connectivity index (χ3n) is 5.17. The van der Waals surface area contributed by atoms with Gasteiger partial charge in [0.25, 0.3) is 11.5 Å². The van der Waals surface area contributed by atoms with Crippen molar-refractivity contribution in [3.05, 3.63) is 88.4 Å². The minimum Gasteiger partial charge on any atom is -0.461 e. The van der Waals surface area contributed by atoms with Crippen LogP contribution in [-0.4, -0.2) is 36.9 Å². The van der Waals surface area contributed by atoms with E-state index in [0.29, 0.717) is 35.6 Å². The van der Waals surface area contributed by atoms with E-state index in [2.05, 4.69) is 20.6 Å². The lowest BCUT2D eigenvalue weighted by Gasteiger charge is -2.07. The summed E-state index contributed by atoms with van der Waals surface area (Å²) in [4.78, 5) is 29.6. The molecule has 0 fully saturated rings. The van der Waals surface area contributed by atoms with Crippen molar-refractivity contribution >= 4 is 16.9 Å². The predicted molar refractivity (Wildman–Crippen MR) is 119 cm³/mol. The first-order chi connectivity index (χ1) is 16.1. The van der Waals surface area contributed by atoms with Crippen molar-refractivity contribution in [2.45, 2.75) is 20.0 Å². The lowest BCUT2D eigenvalue weighted by atomic mass is 10.1. The number of amides is 1. The van der Waals surface area contributed by atoms with Crippen molar-refractivity contribution in [3.8, 4) is 11.5 Å². The summed E-state index contributed by atoms with van der Waals surface area (Å²) in [7, 11) is 0. The number of benzene rings is 1. The number of nitrogens with one attached hydrogen (secondary N) is 1. The zero-order chi connectivity index (χ0) is 22.8. The van der Waals surface area contributed by atoms with Crippen LogP contribution in [0.25, 0.3) is 22.6 Å². The molecule has 4 heterocycles. The van der Waals surface area contributed by atoms with Crippen molar-refractivity contribution in [2.75, 3.05) is 6.54 Å². The Balaban J connectivity index is 1.25. The molecule has 33 heavy (non-hydrogen) atoms. The van der Waals surface area contributed by atoms with E-state index in [1.807, 2.05) is 31.2 Å². The molecule has 0 saturated carbocycles. The highest BCUT2D eigenvalue weighted by Crippen LogP contribution is 2.20. The van der Waals surface area contributed by atoms with Crippen LogP contribution in [0.3, 0.4) is 0 Å². The fourth-order valence-corrected chi connectivity index (χ4v) is 3.56. The monoisotopic (exact) mass is 444 g/mol. The number of aryl methyl sites for hydroxylation is 1. The van der Waals surface area contributed by atoms with Crippen molar-refractivity contribution in [2.24, 2.45) is 0 Å². The summed E-state index contributed by atoms with van der Waals surface area (Å²) < 4.78 is 13.5. The normalized spacial score (nSPS) is 11.2. The Morgan fingerprint density at radius 1 is 1.15 bits per heavy atom. The maximum Gasteiger partial charge on any atom is 0.273 e. The molecule has 1 amide bonds. The van der Waals surface area contributed by atoms with E-state index in [1.165, 1.54) is 24.9 Å². The van der Waals surface area contributed by atoms with Gasteiger partial charge in [-0.1, -0.05) is 35.0 Å². The number of fused-ring (bicyclic) bond motifs is 1. The van der Waals surface area contributed by atoms with Crippen LogP contribution in [0, 0.1) is 6.92 Å². The maximum atomic E-state index is 12.9. The molecule has 0 unspecified atom stereocenters. The second kappa shape index (κ2) is 8.58. The molecule has 5 rings (SSSR count). The Morgan fingerprint density at radius 3 is 2.88 bits per heavy atom.